The van der Waals surface area contributed by atoms with Gasteiger partial charge in [-0.2, -0.15) is 0 Å². The van der Waals surface area contributed by atoms with E-state index in [2.05, 4.69) is 16.5 Å². The Balaban J connectivity index is 2.84. The van der Waals surface area contributed by atoms with Crippen LogP contribution in [0.1, 0.15) is 6.92 Å². The molecule has 0 amide bonds. The quantitative estimate of drug-likeness (QED) is 0.748. The van der Waals surface area contributed by atoms with E-state index in [1.807, 2.05) is 6.92 Å². The minimum absolute atomic E-state index is 0.373. The number of aromatic amines is 2. The molecule has 0 radical (unpaired) electrons. The summed E-state index contributed by atoms with van der Waals surface area (Å²) in [6.07, 6.45) is 1.39. The van der Waals surface area contributed by atoms with Crippen LogP contribution in [0, 0.1) is 0 Å². The third kappa shape index (κ3) is 3.16. The average molecular weight is 216 g/mol. The smallest absolute Gasteiger partial charge is 0.313 e. The van der Waals surface area contributed by atoms with Crippen LogP contribution in [-0.2, 0) is 0 Å². The predicted octanol–water partition coefficient (Wildman–Crippen LogP) is 1.34. The van der Waals surface area contributed by atoms with Gasteiger partial charge in [0, 0.05) is 6.20 Å². The summed E-state index contributed by atoms with van der Waals surface area (Å²) in [7, 11) is 2.65. The molecule has 0 aromatic carbocycles. The molecule has 13 heavy (non-hydrogen) atoms. The first-order chi connectivity index (χ1) is 6.09. The third-order valence-corrected chi connectivity index (χ3v) is 3.55. The molecule has 0 unspecified atom stereocenters. The Hall–Kier alpha value is -0.880. The molecule has 0 aliphatic carbocycles. The van der Waals surface area contributed by atoms with Crippen LogP contribution < -0.4 is 11.2 Å². The molecule has 1 heterocycles. The molecular formula is C7H8N2O2S2. The van der Waals surface area contributed by atoms with Gasteiger partial charge in [-0.25, -0.2) is 4.79 Å². The van der Waals surface area contributed by atoms with Crippen molar-refractivity contribution in [1.29, 1.82) is 0 Å². The van der Waals surface area contributed by atoms with E-state index >= 15 is 0 Å². The maximum absolute atomic E-state index is 11.1. The van der Waals surface area contributed by atoms with Crippen LogP contribution in [-0.4, -0.2) is 9.97 Å². The summed E-state index contributed by atoms with van der Waals surface area (Å²) in [6, 6.07) is 0. The van der Waals surface area contributed by atoms with Crippen molar-refractivity contribution in [1.82, 2.24) is 9.97 Å². The maximum Gasteiger partial charge on any atom is 0.325 e. The van der Waals surface area contributed by atoms with Gasteiger partial charge in [0.05, 0.1) is 0 Å². The van der Waals surface area contributed by atoms with Gasteiger partial charge in [0.25, 0.3) is 5.56 Å². The molecule has 1 aromatic heterocycles. The van der Waals surface area contributed by atoms with E-state index in [-0.39, 0.29) is 5.56 Å². The van der Waals surface area contributed by atoms with E-state index in [4.69, 9.17) is 0 Å². The molecule has 0 fully saturated rings. The van der Waals surface area contributed by atoms with Gasteiger partial charge in [-0.05, 0) is 22.6 Å². The number of aromatic nitrogens is 2. The van der Waals surface area contributed by atoms with Gasteiger partial charge in [0.15, 0.2) is 0 Å². The lowest BCUT2D eigenvalue weighted by molar-refractivity contribution is 0.979. The molecule has 0 bridgehead atoms. The van der Waals surface area contributed by atoms with Gasteiger partial charge >= 0.3 is 5.69 Å². The number of hydrogen-bond acceptors (Lipinski definition) is 4. The summed E-state index contributed by atoms with van der Waals surface area (Å²) in [4.78, 5) is 27.6. The van der Waals surface area contributed by atoms with Crippen LogP contribution in [0.4, 0.5) is 0 Å². The summed E-state index contributed by atoms with van der Waals surface area (Å²) in [5.74, 6) is 0. The first-order valence-corrected chi connectivity index (χ1v) is 5.56. The number of hydrogen-bond donors (Lipinski definition) is 2. The first-order valence-electron chi connectivity index (χ1n) is 3.41. The van der Waals surface area contributed by atoms with Crippen LogP contribution in [0.2, 0.25) is 0 Å². The average Bonchev–Trinajstić information content (AvgIpc) is 2.02. The minimum Gasteiger partial charge on any atom is -0.313 e. The zero-order valence-corrected chi connectivity index (χ0v) is 8.55. The van der Waals surface area contributed by atoms with Crippen molar-refractivity contribution in [3.05, 3.63) is 38.5 Å². The lowest BCUT2D eigenvalue weighted by Gasteiger charge is -1.96. The molecule has 0 atom stereocenters. The Labute approximate surface area is 82.2 Å². The molecule has 0 saturated carbocycles. The second-order valence-electron chi connectivity index (χ2n) is 2.30. The predicted molar refractivity (Wildman–Crippen MR) is 55.9 cm³/mol. The number of nitrogens with one attached hydrogen (secondary N) is 2. The van der Waals surface area contributed by atoms with Gasteiger partial charge in [-0.3, -0.25) is 9.78 Å². The number of rotatable bonds is 3. The van der Waals surface area contributed by atoms with Crippen molar-refractivity contribution < 1.29 is 0 Å². The Morgan fingerprint density at radius 1 is 1.54 bits per heavy atom. The molecule has 1 aromatic rings. The first kappa shape index (κ1) is 10.2. The van der Waals surface area contributed by atoms with Crippen LogP contribution in [0.15, 0.2) is 32.2 Å². The van der Waals surface area contributed by atoms with Crippen LogP contribution in [0.5, 0.6) is 0 Å². The van der Waals surface area contributed by atoms with E-state index < -0.39 is 5.69 Å². The molecular weight excluding hydrogens is 208 g/mol. The highest BCUT2D eigenvalue weighted by Crippen LogP contribution is 2.32. The number of H-pyrrole nitrogens is 2. The summed E-state index contributed by atoms with van der Waals surface area (Å²) in [6.45, 7) is 5.52. The Bertz CT molecular complexity index is 421. The fourth-order valence-electron chi connectivity index (χ4n) is 0.575. The van der Waals surface area contributed by atoms with Gasteiger partial charge in [0.2, 0.25) is 0 Å². The van der Waals surface area contributed by atoms with Crippen molar-refractivity contribution in [2.24, 2.45) is 0 Å². The second kappa shape index (κ2) is 4.38. The number of allylic oxidation sites excluding steroid dienone is 1. The van der Waals surface area contributed by atoms with Crippen molar-refractivity contribution in [3.8, 4) is 0 Å². The van der Waals surface area contributed by atoms with E-state index in [1.54, 1.807) is 0 Å². The molecule has 0 aliphatic heterocycles. The lowest BCUT2D eigenvalue weighted by atomic mass is 10.7. The molecule has 0 spiro atoms. The van der Waals surface area contributed by atoms with E-state index in [1.165, 1.54) is 27.8 Å². The second-order valence-corrected chi connectivity index (χ2v) is 4.77. The summed E-state index contributed by atoms with van der Waals surface area (Å²) >= 11 is 0. The lowest BCUT2D eigenvalue weighted by Crippen LogP contribution is -2.21. The molecule has 2 N–H and O–H groups in total. The zero-order chi connectivity index (χ0) is 9.84. The monoisotopic (exact) mass is 216 g/mol. The Morgan fingerprint density at radius 3 is 2.77 bits per heavy atom. The fourth-order valence-corrected chi connectivity index (χ4v) is 2.11. The van der Waals surface area contributed by atoms with E-state index in [9.17, 15) is 9.59 Å². The molecule has 0 saturated heterocycles. The van der Waals surface area contributed by atoms with Gasteiger partial charge < -0.3 is 4.98 Å². The Kier molecular flexibility index (Phi) is 3.44. The molecule has 4 nitrogen and oxygen atoms in total. The highest BCUT2D eigenvalue weighted by molar-refractivity contribution is 8.78. The van der Waals surface area contributed by atoms with Crippen molar-refractivity contribution in [2.45, 2.75) is 11.8 Å². The fraction of sp³-hybridized carbons (Fsp3) is 0.143. The van der Waals surface area contributed by atoms with Gasteiger partial charge in [0.1, 0.15) is 4.90 Å². The zero-order valence-electron chi connectivity index (χ0n) is 6.92. The standard InChI is InChI=1S/C7H8N2O2S2/c1-4(2)12-13-5-3-8-7(11)9-6(5)10/h3H,1H2,2H3,(H2,8,9,10,11). The SMILES string of the molecule is C=C(C)SSc1c[nH]c(=O)[nH]c1=O. The highest BCUT2D eigenvalue weighted by Gasteiger charge is 2.00. The van der Waals surface area contributed by atoms with E-state index in [0.29, 0.717) is 4.90 Å². The normalized spacial score (nSPS) is 9.92. The topological polar surface area (TPSA) is 65.7 Å². The van der Waals surface area contributed by atoms with Crippen LogP contribution in [0.3, 0.4) is 0 Å². The Morgan fingerprint density at radius 2 is 2.23 bits per heavy atom. The van der Waals surface area contributed by atoms with Gasteiger partial charge in [-0.1, -0.05) is 17.4 Å². The highest BCUT2D eigenvalue weighted by atomic mass is 33.1. The van der Waals surface area contributed by atoms with Crippen molar-refractivity contribution in [3.63, 3.8) is 0 Å². The van der Waals surface area contributed by atoms with Crippen LogP contribution >= 0.6 is 21.6 Å². The molecule has 0 aliphatic rings. The minimum atomic E-state index is -0.491. The molecule has 6 heteroatoms. The van der Waals surface area contributed by atoms with Crippen molar-refractivity contribution >= 4 is 21.6 Å². The molecule has 70 valence electrons. The van der Waals surface area contributed by atoms with Gasteiger partial charge in [-0.15, -0.1) is 0 Å². The van der Waals surface area contributed by atoms with Crippen molar-refractivity contribution in [2.75, 3.05) is 0 Å². The third-order valence-electron chi connectivity index (χ3n) is 1.06. The maximum atomic E-state index is 11.1. The van der Waals surface area contributed by atoms with Crippen LogP contribution in [0.25, 0.3) is 0 Å². The molecule has 1 rings (SSSR count). The largest absolute Gasteiger partial charge is 0.325 e. The summed E-state index contributed by atoms with van der Waals surface area (Å²) in [5.41, 5.74) is -0.864. The van der Waals surface area contributed by atoms with E-state index in [0.717, 1.165) is 4.91 Å². The summed E-state index contributed by atoms with van der Waals surface area (Å²) < 4.78 is 0. The summed E-state index contributed by atoms with van der Waals surface area (Å²) in [5, 5.41) is 0.